The molecule has 0 spiro atoms. The maximum atomic E-state index is 12.3. The van der Waals surface area contributed by atoms with E-state index in [2.05, 4.69) is 33.0 Å². The van der Waals surface area contributed by atoms with Crippen LogP contribution in [0.25, 0.3) is 0 Å². The lowest BCUT2D eigenvalue weighted by Gasteiger charge is -2.28. The molecule has 0 aromatic carbocycles. The highest BCUT2D eigenvalue weighted by Gasteiger charge is 2.31. The van der Waals surface area contributed by atoms with Gasteiger partial charge in [0.15, 0.2) is 0 Å². The second-order valence-corrected chi connectivity index (χ2v) is 6.93. The van der Waals surface area contributed by atoms with Crippen LogP contribution in [0.2, 0.25) is 0 Å². The molecule has 0 aromatic heterocycles. The highest BCUT2D eigenvalue weighted by atomic mass is 16.4. The summed E-state index contributed by atoms with van der Waals surface area (Å²) < 4.78 is 0. The first-order valence-electron chi connectivity index (χ1n) is 8.07. The van der Waals surface area contributed by atoms with Crippen molar-refractivity contribution in [3.63, 3.8) is 0 Å². The summed E-state index contributed by atoms with van der Waals surface area (Å²) in [4.78, 5) is 25.1. The number of aliphatic carboxylic acids is 1. The molecule has 122 valence electrons. The Bertz CT molecular complexity index is 355. The number of carbonyl (C=O) groups excluding carboxylic acids is 1. The summed E-state index contributed by atoms with van der Waals surface area (Å²) in [5.41, 5.74) is 0. The highest BCUT2D eigenvalue weighted by Crippen LogP contribution is 2.23. The van der Waals surface area contributed by atoms with Gasteiger partial charge in [-0.2, -0.15) is 0 Å². The number of likely N-dealkylation sites (tertiary alicyclic amines) is 1. The van der Waals surface area contributed by atoms with Crippen molar-refractivity contribution in [2.24, 2.45) is 17.8 Å². The molecular weight excluding hydrogens is 268 g/mol. The fourth-order valence-corrected chi connectivity index (χ4v) is 3.22. The van der Waals surface area contributed by atoms with Crippen LogP contribution in [0.15, 0.2) is 0 Å². The van der Waals surface area contributed by atoms with Gasteiger partial charge in [-0.1, -0.05) is 27.7 Å². The smallest absolute Gasteiger partial charge is 0.317 e. The molecule has 21 heavy (non-hydrogen) atoms. The maximum Gasteiger partial charge on any atom is 0.317 e. The molecular formula is C16H30N2O3. The molecule has 2 amide bonds. The zero-order chi connectivity index (χ0) is 16.0. The number of carbonyl (C=O) groups is 2. The van der Waals surface area contributed by atoms with Gasteiger partial charge in [-0.25, -0.2) is 4.79 Å². The van der Waals surface area contributed by atoms with Crippen LogP contribution in [0.5, 0.6) is 0 Å². The fraction of sp³-hybridized carbons (Fsp3) is 0.875. The average Bonchev–Trinajstić information content (AvgIpc) is 2.83. The van der Waals surface area contributed by atoms with Gasteiger partial charge in [-0.05, 0) is 37.0 Å². The Morgan fingerprint density at radius 1 is 1.29 bits per heavy atom. The average molecular weight is 298 g/mol. The van der Waals surface area contributed by atoms with Crippen molar-refractivity contribution in [2.75, 3.05) is 13.1 Å². The van der Waals surface area contributed by atoms with E-state index in [-0.39, 0.29) is 18.4 Å². The largest absolute Gasteiger partial charge is 0.481 e. The van der Waals surface area contributed by atoms with Gasteiger partial charge in [0.25, 0.3) is 0 Å². The van der Waals surface area contributed by atoms with E-state index in [0.717, 1.165) is 25.8 Å². The maximum absolute atomic E-state index is 12.3. The van der Waals surface area contributed by atoms with Gasteiger partial charge < -0.3 is 15.3 Å². The number of hydrogen-bond acceptors (Lipinski definition) is 2. The number of nitrogens with one attached hydrogen (secondary N) is 1. The first kappa shape index (κ1) is 17.8. The first-order valence-corrected chi connectivity index (χ1v) is 8.07. The van der Waals surface area contributed by atoms with Crippen LogP contribution in [-0.4, -0.2) is 41.1 Å². The molecule has 0 radical (unpaired) electrons. The third-order valence-corrected chi connectivity index (χ3v) is 4.14. The van der Waals surface area contributed by atoms with Crippen LogP contribution in [-0.2, 0) is 4.79 Å². The molecule has 0 saturated carbocycles. The van der Waals surface area contributed by atoms with Crippen molar-refractivity contribution in [1.29, 1.82) is 0 Å². The fourth-order valence-electron chi connectivity index (χ4n) is 3.22. The monoisotopic (exact) mass is 298 g/mol. The lowest BCUT2D eigenvalue weighted by Crippen LogP contribution is -2.46. The quantitative estimate of drug-likeness (QED) is 0.759. The molecule has 2 N–H and O–H groups in total. The Labute approximate surface area is 128 Å². The zero-order valence-electron chi connectivity index (χ0n) is 13.8. The summed E-state index contributed by atoms with van der Waals surface area (Å²) in [6.45, 7) is 9.69. The Morgan fingerprint density at radius 2 is 1.95 bits per heavy atom. The van der Waals surface area contributed by atoms with E-state index < -0.39 is 5.97 Å². The van der Waals surface area contributed by atoms with Gasteiger partial charge in [0.05, 0.1) is 0 Å². The summed E-state index contributed by atoms with van der Waals surface area (Å²) in [5.74, 6) is 0.105. The van der Waals surface area contributed by atoms with Crippen molar-refractivity contribution < 1.29 is 14.7 Å². The van der Waals surface area contributed by atoms with E-state index in [9.17, 15) is 9.59 Å². The minimum absolute atomic E-state index is 0.00607. The van der Waals surface area contributed by atoms with Crippen LogP contribution in [0.1, 0.15) is 53.4 Å². The third kappa shape index (κ3) is 5.94. The predicted molar refractivity (Wildman–Crippen MR) is 83.2 cm³/mol. The summed E-state index contributed by atoms with van der Waals surface area (Å²) in [6, 6.07) is 0.276. The van der Waals surface area contributed by atoms with Gasteiger partial charge in [-0.3, -0.25) is 4.79 Å². The summed E-state index contributed by atoms with van der Waals surface area (Å²) in [5, 5.41) is 11.9. The molecule has 1 aliphatic rings. The van der Waals surface area contributed by atoms with Crippen LogP contribution < -0.4 is 5.32 Å². The molecule has 1 heterocycles. The van der Waals surface area contributed by atoms with E-state index >= 15 is 0 Å². The Morgan fingerprint density at radius 3 is 2.48 bits per heavy atom. The van der Waals surface area contributed by atoms with Gasteiger partial charge in [0.1, 0.15) is 0 Å². The molecule has 1 rings (SSSR count). The lowest BCUT2D eigenvalue weighted by atomic mass is 9.94. The Hall–Kier alpha value is -1.26. The highest BCUT2D eigenvalue weighted by molar-refractivity contribution is 5.75. The van der Waals surface area contributed by atoms with E-state index in [1.807, 2.05) is 4.90 Å². The Balaban J connectivity index is 2.50. The molecule has 0 aromatic rings. The van der Waals surface area contributed by atoms with Gasteiger partial charge in [-0.15, -0.1) is 0 Å². The third-order valence-electron chi connectivity index (χ3n) is 4.14. The number of rotatable bonds is 7. The van der Waals surface area contributed by atoms with Crippen LogP contribution in [0.3, 0.4) is 0 Å². The molecule has 1 aliphatic heterocycles. The minimum atomic E-state index is -0.795. The van der Waals surface area contributed by atoms with E-state index in [1.165, 1.54) is 0 Å². The molecule has 1 fully saturated rings. The molecule has 5 heteroatoms. The number of carboxylic acid groups (broad SMARTS) is 1. The SMILES string of the molecule is CC(C)CC(CNC(=O)N1CCCC1C(C)C)CC(=O)O. The predicted octanol–water partition coefficient (Wildman–Crippen LogP) is 2.95. The van der Waals surface area contributed by atoms with E-state index in [4.69, 9.17) is 5.11 Å². The second kappa shape index (κ2) is 8.25. The van der Waals surface area contributed by atoms with Crippen LogP contribution in [0, 0.1) is 17.8 Å². The molecule has 2 atom stereocenters. The number of hydrogen-bond donors (Lipinski definition) is 2. The van der Waals surface area contributed by atoms with Crippen molar-refractivity contribution >= 4 is 12.0 Å². The standard InChI is InChI=1S/C16H30N2O3/c1-11(2)8-13(9-15(19)20)10-17-16(21)18-7-5-6-14(18)12(3)4/h11-14H,5-10H2,1-4H3,(H,17,21)(H,19,20). The Kier molecular flexibility index (Phi) is 6.99. The van der Waals surface area contributed by atoms with E-state index in [1.54, 1.807) is 0 Å². The summed E-state index contributed by atoms with van der Waals surface area (Å²) >= 11 is 0. The zero-order valence-corrected chi connectivity index (χ0v) is 13.8. The normalized spacial score (nSPS) is 20.1. The number of carboxylic acids is 1. The molecule has 0 aliphatic carbocycles. The minimum Gasteiger partial charge on any atom is -0.481 e. The van der Waals surface area contributed by atoms with E-state index in [0.29, 0.717) is 24.4 Å². The van der Waals surface area contributed by atoms with Gasteiger partial charge in [0.2, 0.25) is 0 Å². The lowest BCUT2D eigenvalue weighted by molar-refractivity contribution is -0.138. The van der Waals surface area contributed by atoms with Crippen molar-refractivity contribution in [3.8, 4) is 0 Å². The number of nitrogens with zero attached hydrogens (tertiary/aromatic N) is 1. The molecule has 2 unspecified atom stereocenters. The number of amides is 2. The molecule has 1 saturated heterocycles. The van der Waals surface area contributed by atoms with Gasteiger partial charge in [0, 0.05) is 25.6 Å². The topological polar surface area (TPSA) is 69.6 Å². The van der Waals surface area contributed by atoms with Gasteiger partial charge >= 0.3 is 12.0 Å². The van der Waals surface area contributed by atoms with Crippen molar-refractivity contribution in [3.05, 3.63) is 0 Å². The second-order valence-electron chi connectivity index (χ2n) is 6.93. The molecule has 0 bridgehead atoms. The van der Waals surface area contributed by atoms with Crippen molar-refractivity contribution in [1.82, 2.24) is 10.2 Å². The van der Waals surface area contributed by atoms with Crippen molar-refractivity contribution in [2.45, 2.75) is 59.4 Å². The van der Waals surface area contributed by atoms with Crippen LogP contribution >= 0.6 is 0 Å². The summed E-state index contributed by atoms with van der Waals surface area (Å²) in [6.07, 6.45) is 3.06. The number of urea groups is 1. The van der Waals surface area contributed by atoms with Crippen LogP contribution in [0.4, 0.5) is 4.79 Å². The molecule has 5 nitrogen and oxygen atoms in total. The summed E-state index contributed by atoms with van der Waals surface area (Å²) in [7, 11) is 0. The first-order chi connectivity index (χ1) is 9.81.